The van der Waals surface area contributed by atoms with Gasteiger partial charge in [0.1, 0.15) is 18.6 Å². The van der Waals surface area contributed by atoms with Gasteiger partial charge in [-0.25, -0.2) is 0 Å². The minimum absolute atomic E-state index is 0.861. The summed E-state index contributed by atoms with van der Waals surface area (Å²) in [6.45, 7) is 0. The first kappa shape index (κ1) is 19.8. The molecule has 0 aliphatic carbocycles. The van der Waals surface area contributed by atoms with E-state index in [1.807, 2.05) is 48.2 Å². The van der Waals surface area contributed by atoms with Crippen molar-refractivity contribution in [3.63, 3.8) is 0 Å². The molecule has 0 fully saturated rings. The van der Waals surface area contributed by atoms with Crippen molar-refractivity contribution >= 4 is 34.5 Å². The van der Waals surface area contributed by atoms with Crippen LogP contribution in [0.4, 0.5) is 5.69 Å². The van der Waals surface area contributed by atoms with Gasteiger partial charge in [-0.3, -0.25) is 0 Å². The molecule has 0 amide bonds. The maximum Gasteiger partial charge on any atom is 0.219 e. The topological polar surface area (TPSA) is 12.2 Å². The molecule has 0 aromatic heterocycles. The van der Waals surface area contributed by atoms with Crippen LogP contribution >= 0.6 is 11.8 Å². The molecule has 0 saturated carbocycles. The van der Waals surface area contributed by atoms with Crippen molar-refractivity contribution in [3.8, 4) is 0 Å². The minimum Gasteiger partial charge on any atom is -0.456 e. The highest BCUT2D eigenvalue weighted by atomic mass is 32.2. The van der Waals surface area contributed by atoms with Crippen molar-refractivity contribution in [2.45, 2.75) is 9.79 Å². The van der Waals surface area contributed by atoms with E-state index in [2.05, 4.69) is 90.5 Å². The molecule has 0 N–H and O–H groups in total. The predicted molar refractivity (Wildman–Crippen MR) is 136 cm³/mol. The van der Waals surface area contributed by atoms with E-state index in [0.29, 0.717) is 0 Å². The zero-order valence-corrected chi connectivity index (χ0v) is 19.0. The summed E-state index contributed by atoms with van der Waals surface area (Å²) < 4.78 is 8.65. The average molecular weight is 445 g/mol. The SMILES string of the molecule is C[N+]1=c2ccc(=C3C=C(c4ccccc4)OC(c4ccccc4)=C3)cc2Sc2ccccc21. The Morgan fingerprint density at radius 2 is 1.24 bits per heavy atom. The molecule has 3 heteroatoms. The van der Waals surface area contributed by atoms with Gasteiger partial charge in [-0.2, -0.15) is 4.58 Å². The van der Waals surface area contributed by atoms with Gasteiger partial charge in [-0.15, -0.1) is 0 Å². The highest BCUT2D eigenvalue weighted by Gasteiger charge is 2.22. The third-order valence-electron chi connectivity index (χ3n) is 6.01. The number of nitrogens with zero attached hydrogens (tertiary/aromatic N) is 1. The maximum atomic E-state index is 6.37. The molecule has 2 nitrogen and oxygen atoms in total. The van der Waals surface area contributed by atoms with E-state index in [-0.39, 0.29) is 0 Å². The van der Waals surface area contributed by atoms with Crippen LogP contribution in [0.5, 0.6) is 0 Å². The number of hydrogen-bond acceptors (Lipinski definition) is 2. The zero-order chi connectivity index (χ0) is 22.2. The number of allylic oxidation sites excluding steroid dienone is 2. The molecular formula is C30H22NOS+. The molecule has 158 valence electrons. The van der Waals surface area contributed by atoms with Gasteiger partial charge in [0.2, 0.25) is 11.0 Å². The van der Waals surface area contributed by atoms with Gasteiger partial charge in [-0.05, 0) is 41.1 Å². The van der Waals surface area contributed by atoms with Gasteiger partial charge >= 0.3 is 0 Å². The Kier molecular flexibility index (Phi) is 4.97. The van der Waals surface area contributed by atoms with Crippen molar-refractivity contribution in [3.05, 3.63) is 137 Å². The molecule has 0 bridgehead atoms. The number of para-hydroxylation sites is 1. The molecule has 2 aliphatic rings. The number of hydrogen-bond donors (Lipinski definition) is 0. The molecule has 4 aromatic carbocycles. The highest BCUT2D eigenvalue weighted by molar-refractivity contribution is 7.99. The van der Waals surface area contributed by atoms with E-state index in [1.165, 1.54) is 26.1 Å². The number of fused-ring (bicyclic) bond motifs is 2. The molecule has 6 rings (SSSR count). The molecule has 33 heavy (non-hydrogen) atoms. The van der Waals surface area contributed by atoms with Crippen molar-refractivity contribution in [2.75, 3.05) is 7.05 Å². The minimum atomic E-state index is 0.861. The van der Waals surface area contributed by atoms with E-state index in [0.717, 1.165) is 28.2 Å². The Bertz CT molecular complexity index is 1490. The van der Waals surface area contributed by atoms with Crippen molar-refractivity contribution in [1.82, 2.24) is 4.58 Å². The Morgan fingerprint density at radius 1 is 0.636 bits per heavy atom. The first-order valence-corrected chi connectivity index (χ1v) is 11.8. The molecular weight excluding hydrogens is 422 g/mol. The smallest absolute Gasteiger partial charge is 0.219 e. The predicted octanol–water partition coefficient (Wildman–Crippen LogP) is 5.87. The van der Waals surface area contributed by atoms with Crippen LogP contribution in [0, 0.1) is 0 Å². The molecule has 0 atom stereocenters. The second kappa shape index (κ2) is 8.27. The third-order valence-corrected chi connectivity index (χ3v) is 7.12. The van der Waals surface area contributed by atoms with E-state index in [1.54, 1.807) is 0 Å². The third kappa shape index (κ3) is 3.71. The van der Waals surface area contributed by atoms with E-state index >= 15 is 0 Å². The van der Waals surface area contributed by atoms with Crippen LogP contribution in [0.25, 0.3) is 17.1 Å². The summed E-state index contributed by atoms with van der Waals surface area (Å²) in [6.07, 6.45) is 4.29. The normalized spacial score (nSPS) is 14.6. The van der Waals surface area contributed by atoms with Crippen molar-refractivity contribution in [2.24, 2.45) is 0 Å². The summed E-state index contributed by atoms with van der Waals surface area (Å²) in [7, 11) is 2.14. The lowest BCUT2D eigenvalue weighted by Crippen LogP contribution is -2.28. The van der Waals surface area contributed by atoms with E-state index < -0.39 is 0 Å². The maximum absolute atomic E-state index is 6.37. The van der Waals surface area contributed by atoms with E-state index in [9.17, 15) is 0 Å². The van der Waals surface area contributed by atoms with Gasteiger partial charge in [0.15, 0.2) is 0 Å². The first-order valence-electron chi connectivity index (χ1n) is 11.0. The second-order valence-electron chi connectivity index (χ2n) is 8.12. The van der Waals surface area contributed by atoms with Gasteiger partial charge in [0.25, 0.3) is 0 Å². The molecule has 0 unspecified atom stereocenters. The molecule has 0 saturated heterocycles. The zero-order valence-electron chi connectivity index (χ0n) is 18.2. The number of ether oxygens (including phenoxy) is 1. The van der Waals surface area contributed by atoms with Crippen molar-refractivity contribution < 1.29 is 4.74 Å². The van der Waals surface area contributed by atoms with Crippen LogP contribution in [0.2, 0.25) is 0 Å². The number of rotatable bonds is 2. The van der Waals surface area contributed by atoms with Crippen LogP contribution in [-0.4, -0.2) is 7.05 Å². The van der Waals surface area contributed by atoms with Crippen LogP contribution < -0.4 is 15.2 Å². The fourth-order valence-corrected chi connectivity index (χ4v) is 5.47. The average Bonchev–Trinajstić information content (AvgIpc) is 2.89. The monoisotopic (exact) mass is 444 g/mol. The summed E-state index contributed by atoms with van der Waals surface area (Å²) in [4.78, 5) is 2.54. The van der Waals surface area contributed by atoms with E-state index in [4.69, 9.17) is 4.74 Å². The van der Waals surface area contributed by atoms with Crippen molar-refractivity contribution in [1.29, 1.82) is 0 Å². The fraction of sp³-hybridized carbons (Fsp3) is 0.0333. The first-order chi connectivity index (χ1) is 16.3. The summed E-state index contributed by atoms with van der Waals surface area (Å²) in [5, 5.41) is 2.41. The summed E-state index contributed by atoms with van der Waals surface area (Å²) in [5.74, 6) is 1.72. The largest absolute Gasteiger partial charge is 0.456 e. The van der Waals surface area contributed by atoms with Gasteiger partial charge in [0, 0.05) is 23.3 Å². The summed E-state index contributed by atoms with van der Waals surface area (Å²) in [6, 6.07) is 35.9. The lowest BCUT2D eigenvalue weighted by molar-refractivity contribution is 0.468. The van der Waals surface area contributed by atoms with Gasteiger partial charge < -0.3 is 4.74 Å². The molecule has 2 aliphatic heterocycles. The molecule has 2 heterocycles. The Balaban J connectivity index is 1.56. The summed E-state index contributed by atoms with van der Waals surface area (Å²) >= 11 is 1.83. The quantitative estimate of drug-likeness (QED) is 0.359. The Hall–Kier alpha value is -3.82. The molecule has 4 aromatic rings. The number of benzene rings is 4. The second-order valence-corrected chi connectivity index (χ2v) is 9.20. The lowest BCUT2D eigenvalue weighted by Gasteiger charge is -2.19. The highest BCUT2D eigenvalue weighted by Crippen LogP contribution is 2.35. The van der Waals surface area contributed by atoms with Crippen LogP contribution in [0.15, 0.2) is 125 Å². The standard InChI is InChI=1S/C30H22NOS/c1-31-25-14-8-9-15-29(25)33-30-20-23(16-17-26(30)31)24-18-27(21-10-4-2-5-11-21)32-28(19-24)22-12-6-3-7-13-22/h2-20H,1H3/q+1. The van der Waals surface area contributed by atoms with Gasteiger partial charge in [0.05, 0.1) is 9.79 Å². The fourth-order valence-electron chi connectivity index (χ4n) is 4.28. The summed E-state index contributed by atoms with van der Waals surface area (Å²) in [5.41, 5.74) is 4.53. The molecule has 0 radical (unpaired) electrons. The molecule has 0 spiro atoms. The Morgan fingerprint density at radius 3 is 1.91 bits per heavy atom. The van der Waals surface area contributed by atoms with Gasteiger partial charge in [-0.1, -0.05) is 84.6 Å². The van der Waals surface area contributed by atoms with Crippen LogP contribution in [0.3, 0.4) is 0 Å². The van der Waals surface area contributed by atoms with Crippen LogP contribution in [0.1, 0.15) is 11.1 Å². The van der Waals surface area contributed by atoms with Crippen LogP contribution in [-0.2, 0) is 4.74 Å². The Labute approximate surface area is 197 Å². The lowest BCUT2D eigenvalue weighted by atomic mass is 10.0.